The van der Waals surface area contributed by atoms with Gasteiger partial charge in [-0.05, 0) is 69.2 Å². The topological polar surface area (TPSA) is 82.1 Å². The number of benzene rings is 1. The highest BCUT2D eigenvalue weighted by Crippen LogP contribution is 2.43. The van der Waals surface area contributed by atoms with Crippen molar-refractivity contribution in [2.24, 2.45) is 5.41 Å². The smallest absolute Gasteiger partial charge is 0.411 e. The Balaban J connectivity index is 1.43. The molecule has 3 aliphatic rings. The molecule has 0 radical (unpaired) electrons. The lowest BCUT2D eigenvalue weighted by Crippen LogP contribution is -2.50. The predicted molar refractivity (Wildman–Crippen MR) is 111 cm³/mol. The molecule has 1 aliphatic carbocycles. The largest absolute Gasteiger partial charge is 0.453 e. The fraction of sp³-hybridized carbons (Fsp3) is 0.636. The summed E-state index contributed by atoms with van der Waals surface area (Å²) in [6.45, 7) is 2.53. The molecular formula is C22H31N3O4. The van der Waals surface area contributed by atoms with E-state index in [0.29, 0.717) is 17.6 Å². The third-order valence-electron chi connectivity index (χ3n) is 6.89. The van der Waals surface area contributed by atoms with E-state index in [9.17, 15) is 14.7 Å². The normalized spacial score (nSPS) is 29.9. The van der Waals surface area contributed by atoms with Crippen molar-refractivity contribution in [1.29, 1.82) is 0 Å². The van der Waals surface area contributed by atoms with Gasteiger partial charge in [-0.1, -0.05) is 0 Å². The second-order valence-electron chi connectivity index (χ2n) is 8.68. The van der Waals surface area contributed by atoms with Crippen molar-refractivity contribution in [2.45, 2.75) is 57.1 Å². The number of anilines is 2. The van der Waals surface area contributed by atoms with Crippen molar-refractivity contribution >= 4 is 23.4 Å². The molecule has 7 heteroatoms. The van der Waals surface area contributed by atoms with Crippen LogP contribution in [0.4, 0.5) is 16.2 Å². The molecule has 1 aromatic rings. The monoisotopic (exact) mass is 401 g/mol. The summed E-state index contributed by atoms with van der Waals surface area (Å²) in [5, 5.41) is 12.4. The molecule has 4 rings (SSSR count). The van der Waals surface area contributed by atoms with Crippen molar-refractivity contribution in [3.05, 3.63) is 24.3 Å². The number of aliphatic hydroxyl groups excluding tert-OH is 1. The van der Waals surface area contributed by atoms with Gasteiger partial charge in [0.2, 0.25) is 5.91 Å². The maximum atomic E-state index is 13.4. The number of amides is 2. The van der Waals surface area contributed by atoms with Crippen molar-refractivity contribution in [2.75, 3.05) is 37.0 Å². The molecule has 7 nitrogen and oxygen atoms in total. The van der Waals surface area contributed by atoms with Crippen LogP contribution in [0.2, 0.25) is 0 Å². The van der Waals surface area contributed by atoms with Crippen LogP contribution in [0.15, 0.2) is 24.3 Å². The van der Waals surface area contributed by atoms with Crippen LogP contribution in [0, 0.1) is 5.41 Å². The molecule has 2 amide bonds. The van der Waals surface area contributed by atoms with Gasteiger partial charge in [-0.15, -0.1) is 0 Å². The molecule has 1 saturated carbocycles. The number of aliphatic hydroxyl groups is 1. The quantitative estimate of drug-likeness (QED) is 0.814. The number of carbonyl (C=O) groups excluding carboxylic acids is 2. The van der Waals surface area contributed by atoms with Gasteiger partial charge < -0.3 is 19.6 Å². The Hall–Kier alpha value is -2.28. The Kier molecular flexibility index (Phi) is 5.67. The number of methoxy groups -OCH3 is 1. The minimum Gasteiger partial charge on any atom is -0.453 e. The SMILES string of the molecule is COC(=O)Nc1ccc(N2CCCC3(CCN([C@H]4CC[C@H](O)CC4)C3=O)C2)cc1. The molecule has 1 atom stereocenters. The standard InChI is InChI=1S/C22H31N3O4/c1-29-21(28)23-16-3-5-17(6-4-16)24-13-2-11-22(15-24)12-14-25(20(22)27)18-7-9-19(26)10-8-18/h3-6,18-19,26H,2,7-15H2,1H3,(H,23,28)/t18-,19-,22?. The van der Waals surface area contributed by atoms with E-state index < -0.39 is 6.09 Å². The molecule has 0 bridgehead atoms. The first-order chi connectivity index (χ1) is 14.0. The lowest BCUT2D eigenvalue weighted by atomic mass is 9.78. The Morgan fingerprint density at radius 3 is 2.55 bits per heavy atom. The molecule has 1 spiro atoms. The molecule has 2 N–H and O–H groups in total. The highest BCUT2D eigenvalue weighted by atomic mass is 16.5. The molecular weight excluding hydrogens is 370 g/mol. The summed E-state index contributed by atoms with van der Waals surface area (Å²) in [6.07, 6.45) is 5.65. The highest BCUT2D eigenvalue weighted by Gasteiger charge is 2.50. The van der Waals surface area contributed by atoms with E-state index in [2.05, 4.69) is 19.9 Å². The van der Waals surface area contributed by atoms with E-state index >= 15 is 0 Å². The van der Waals surface area contributed by atoms with Crippen molar-refractivity contribution < 1.29 is 19.4 Å². The van der Waals surface area contributed by atoms with Crippen molar-refractivity contribution in [1.82, 2.24) is 4.90 Å². The zero-order valence-electron chi connectivity index (χ0n) is 17.1. The maximum absolute atomic E-state index is 13.4. The third-order valence-corrected chi connectivity index (χ3v) is 6.89. The zero-order valence-corrected chi connectivity index (χ0v) is 17.1. The first-order valence-electron chi connectivity index (χ1n) is 10.7. The van der Waals surface area contributed by atoms with Gasteiger partial charge in [0.1, 0.15) is 0 Å². The average Bonchev–Trinajstić information content (AvgIpc) is 3.04. The lowest BCUT2D eigenvalue weighted by Gasteiger charge is -2.41. The van der Waals surface area contributed by atoms with Gasteiger partial charge >= 0.3 is 6.09 Å². The van der Waals surface area contributed by atoms with Crippen molar-refractivity contribution in [3.8, 4) is 0 Å². The van der Waals surface area contributed by atoms with Crippen LogP contribution in [-0.4, -0.2) is 60.9 Å². The van der Waals surface area contributed by atoms with Crippen LogP contribution in [-0.2, 0) is 9.53 Å². The van der Waals surface area contributed by atoms with E-state index in [-0.39, 0.29) is 11.5 Å². The summed E-state index contributed by atoms with van der Waals surface area (Å²) in [5.74, 6) is 0.313. The van der Waals surface area contributed by atoms with E-state index in [4.69, 9.17) is 0 Å². The molecule has 3 fully saturated rings. The number of nitrogens with one attached hydrogen (secondary N) is 1. The number of carbonyl (C=O) groups is 2. The molecule has 1 unspecified atom stereocenters. The molecule has 2 aliphatic heterocycles. The summed E-state index contributed by atoms with van der Waals surface area (Å²) in [4.78, 5) is 29.2. The highest BCUT2D eigenvalue weighted by molar-refractivity contribution is 5.86. The number of hydrogen-bond donors (Lipinski definition) is 2. The molecule has 2 saturated heterocycles. The van der Waals surface area contributed by atoms with Gasteiger partial charge in [0, 0.05) is 37.1 Å². The Bertz CT molecular complexity index is 745. The minimum atomic E-state index is -0.485. The van der Waals surface area contributed by atoms with Crippen LogP contribution in [0.25, 0.3) is 0 Å². The van der Waals surface area contributed by atoms with Gasteiger partial charge in [-0.3, -0.25) is 10.1 Å². The summed E-state index contributed by atoms with van der Waals surface area (Å²) in [6, 6.07) is 8.01. The first kappa shape index (κ1) is 20.0. The van der Waals surface area contributed by atoms with Crippen LogP contribution < -0.4 is 10.2 Å². The van der Waals surface area contributed by atoms with E-state index in [0.717, 1.165) is 70.3 Å². The molecule has 2 heterocycles. The Morgan fingerprint density at radius 2 is 1.86 bits per heavy atom. The average molecular weight is 402 g/mol. The van der Waals surface area contributed by atoms with Crippen LogP contribution in [0.1, 0.15) is 44.9 Å². The van der Waals surface area contributed by atoms with Gasteiger partial charge in [-0.25, -0.2) is 4.79 Å². The van der Waals surface area contributed by atoms with E-state index in [1.165, 1.54) is 7.11 Å². The number of rotatable bonds is 3. The van der Waals surface area contributed by atoms with Gasteiger partial charge in [0.25, 0.3) is 0 Å². The number of likely N-dealkylation sites (tertiary alicyclic amines) is 1. The summed E-state index contributed by atoms with van der Waals surface area (Å²) in [5.41, 5.74) is 1.48. The maximum Gasteiger partial charge on any atom is 0.411 e. The third kappa shape index (κ3) is 4.06. The van der Waals surface area contributed by atoms with Gasteiger partial charge in [0.05, 0.1) is 18.6 Å². The fourth-order valence-corrected chi connectivity index (χ4v) is 5.22. The minimum absolute atomic E-state index is 0.195. The lowest BCUT2D eigenvalue weighted by molar-refractivity contribution is -0.139. The number of nitrogens with zero attached hydrogens (tertiary/aromatic N) is 2. The molecule has 1 aromatic carbocycles. The first-order valence-corrected chi connectivity index (χ1v) is 10.7. The zero-order chi connectivity index (χ0) is 20.4. The summed E-state index contributed by atoms with van der Waals surface area (Å²) < 4.78 is 4.63. The van der Waals surface area contributed by atoms with Gasteiger partial charge in [0.15, 0.2) is 0 Å². The van der Waals surface area contributed by atoms with Gasteiger partial charge in [-0.2, -0.15) is 0 Å². The van der Waals surface area contributed by atoms with Crippen LogP contribution in [0.3, 0.4) is 0 Å². The molecule has 158 valence electrons. The summed E-state index contributed by atoms with van der Waals surface area (Å²) in [7, 11) is 1.34. The number of piperidine rings is 1. The second-order valence-corrected chi connectivity index (χ2v) is 8.68. The Labute approximate surface area is 172 Å². The summed E-state index contributed by atoms with van der Waals surface area (Å²) >= 11 is 0. The van der Waals surface area contributed by atoms with E-state index in [1.807, 2.05) is 24.3 Å². The number of ether oxygens (including phenoxy) is 1. The number of hydrogen-bond acceptors (Lipinski definition) is 5. The fourth-order valence-electron chi connectivity index (χ4n) is 5.22. The molecule has 29 heavy (non-hydrogen) atoms. The van der Waals surface area contributed by atoms with Crippen LogP contribution in [0.5, 0.6) is 0 Å². The predicted octanol–water partition coefficient (Wildman–Crippen LogP) is 2.99. The van der Waals surface area contributed by atoms with Crippen molar-refractivity contribution in [3.63, 3.8) is 0 Å². The molecule has 0 aromatic heterocycles. The Morgan fingerprint density at radius 1 is 1.14 bits per heavy atom. The second kappa shape index (κ2) is 8.22. The van der Waals surface area contributed by atoms with E-state index in [1.54, 1.807) is 0 Å². The van der Waals surface area contributed by atoms with Crippen LogP contribution >= 0.6 is 0 Å².